The van der Waals surface area contributed by atoms with E-state index in [9.17, 15) is 14.3 Å². The Morgan fingerprint density at radius 3 is 2.57 bits per heavy atom. The van der Waals surface area contributed by atoms with Gasteiger partial charge in [-0.05, 0) is 38.5 Å². The van der Waals surface area contributed by atoms with Gasteiger partial charge >= 0.3 is 0 Å². The van der Waals surface area contributed by atoms with Crippen molar-refractivity contribution in [2.45, 2.75) is 32.9 Å². The van der Waals surface area contributed by atoms with Crippen LogP contribution in [0.2, 0.25) is 5.15 Å². The predicted octanol–water partition coefficient (Wildman–Crippen LogP) is 2.64. The molecular formula is C16H19ClFN3O2. The molecule has 124 valence electrons. The molecule has 1 unspecified atom stereocenters. The third-order valence-corrected chi connectivity index (χ3v) is 4.04. The van der Waals surface area contributed by atoms with E-state index in [4.69, 9.17) is 11.6 Å². The Morgan fingerprint density at radius 2 is 2.04 bits per heavy atom. The summed E-state index contributed by atoms with van der Waals surface area (Å²) in [7, 11) is 0. The van der Waals surface area contributed by atoms with Crippen molar-refractivity contribution in [2.75, 3.05) is 6.54 Å². The van der Waals surface area contributed by atoms with Crippen LogP contribution in [0, 0.1) is 12.7 Å². The first-order valence-corrected chi connectivity index (χ1v) is 7.63. The van der Waals surface area contributed by atoms with Gasteiger partial charge in [0.15, 0.2) is 0 Å². The van der Waals surface area contributed by atoms with Crippen LogP contribution in [0.5, 0.6) is 0 Å². The molecule has 0 spiro atoms. The molecular weight excluding hydrogens is 321 g/mol. The lowest BCUT2D eigenvalue weighted by Gasteiger charge is -2.24. The molecule has 5 nitrogen and oxygen atoms in total. The summed E-state index contributed by atoms with van der Waals surface area (Å²) in [5.74, 6) is -0.794. The number of amides is 1. The van der Waals surface area contributed by atoms with Crippen LogP contribution in [0.3, 0.4) is 0 Å². The fraction of sp³-hybridized carbons (Fsp3) is 0.375. The molecule has 2 rings (SSSR count). The van der Waals surface area contributed by atoms with Gasteiger partial charge < -0.3 is 10.4 Å². The Hall–Kier alpha value is -1.92. The van der Waals surface area contributed by atoms with E-state index in [1.807, 2.05) is 6.92 Å². The lowest BCUT2D eigenvalue weighted by Crippen LogP contribution is -2.38. The molecule has 0 bridgehead atoms. The van der Waals surface area contributed by atoms with E-state index >= 15 is 0 Å². The van der Waals surface area contributed by atoms with Crippen molar-refractivity contribution in [3.63, 3.8) is 0 Å². The lowest BCUT2D eigenvalue weighted by atomic mass is 9.96. The van der Waals surface area contributed by atoms with Crippen LogP contribution in [0.15, 0.2) is 24.3 Å². The molecule has 0 saturated heterocycles. The lowest BCUT2D eigenvalue weighted by molar-refractivity contribution is 0.0525. The van der Waals surface area contributed by atoms with Crippen LogP contribution >= 0.6 is 11.6 Å². The van der Waals surface area contributed by atoms with Gasteiger partial charge in [-0.3, -0.25) is 9.48 Å². The van der Waals surface area contributed by atoms with Gasteiger partial charge in [-0.15, -0.1) is 0 Å². The van der Waals surface area contributed by atoms with E-state index in [1.165, 1.54) is 28.9 Å². The normalized spacial score (nSPS) is 13.7. The van der Waals surface area contributed by atoms with Gasteiger partial charge in [-0.1, -0.05) is 23.7 Å². The number of carbonyl (C=O) groups is 1. The minimum atomic E-state index is -1.33. The number of nitrogens with zero attached hydrogens (tertiary/aromatic N) is 2. The number of hydrogen-bond acceptors (Lipinski definition) is 3. The van der Waals surface area contributed by atoms with Gasteiger partial charge in [0.2, 0.25) is 0 Å². The summed E-state index contributed by atoms with van der Waals surface area (Å²) < 4.78 is 14.5. The molecule has 0 saturated carbocycles. The summed E-state index contributed by atoms with van der Waals surface area (Å²) in [6.45, 7) is 5.64. The fourth-order valence-corrected chi connectivity index (χ4v) is 2.65. The van der Waals surface area contributed by atoms with Crippen molar-refractivity contribution >= 4 is 17.5 Å². The summed E-state index contributed by atoms with van der Waals surface area (Å²) >= 11 is 6.14. The Kier molecular flexibility index (Phi) is 5.06. The zero-order chi connectivity index (χ0) is 17.2. The summed E-state index contributed by atoms with van der Waals surface area (Å²) in [5.41, 5.74) is -0.00437. The highest BCUT2D eigenvalue weighted by Crippen LogP contribution is 2.22. The second-order valence-corrected chi connectivity index (χ2v) is 5.89. The molecule has 0 aliphatic carbocycles. The van der Waals surface area contributed by atoms with Gasteiger partial charge in [0.25, 0.3) is 5.91 Å². The highest BCUT2D eigenvalue weighted by Gasteiger charge is 2.26. The highest BCUT2D eigenvalue weighted by molar-refractivity contribution is 6.33. The van der Waals surface area contributed by atoms with Crippen LogP contribution in [0.25, 0.3) is 0 Å². The number of carbonyl (C=O) groups excluding carboxylic acids is 1. The molecule has 1 heterocycles. The molecule has 1 atom stereocenters. The topological polar surface area (TPSA) is 67.2 Å². The number of aromatic nitrogens is 2. The summed E-state index contributed by atoms with van der Waals surface area (Å²) in [6, 6.07) is 5.49. The second kappa shape index (κ2) is 6.68. The zero-order valence-electron chi connectivity index (χ0n) is 13.2. The molecule has 1 aromatic carbocycles. The van der Waals surface area contributed by atoms with Crippen LogP contribution in [0.1, 0.15) is 35.5 Å². The maximum atomic E-state index is 13.0. The van der Waals surface area contributed by atoms with Crippen molar-refractivity contribution in [3.8, 4) is 0 Å². The third-order valence-electron chi connectivity index (χ3n) is 3.65. The van der Waals surface area contributed by atoms with Gasteiger partial charge in [0, 0.05) is 6.54 Å². The molecule has 2 aromatic rings. The molecule has 0 radical (unpaired) electrons. The molecule has 0 fully saturated rings. The number of benzene rings is 1. The highest BCUT2D eigenvalue weighted by atomic mass is 35.5. The van der Waals surface area contributed by atoms with Crippen molar-refractivity contribution in [1.29, 1.82) is 0 Å². The number of hydrogen-bond donors (Lipinski definition) is 2. The second-order valence-electron chi connectivity index (χ2n) is 5.53. The minimum absolute atomic E-state index is 0.0372. The number of nitrogens with one attached hydrogen (secondary N) is 1. The van der Waals surface area contributed by atoms with Gasteiger partial charge in [0.1, 0.15) is 16.6 Å². The van der Waals surface area contributed by atoms with Gasteiger partial charge in [-0.25, -0.2) is 4.39 Å². The van der Waals surface area contributed by atoms with Crippen LogP contribution in [-0.2, 0) is 12.1 Å². The van der Waals surface area contributed by atoms with E-state index in [1.54, 1.807) is 13.8 Å². The Labute approximate surface area is 139 Å². The molecule has 2 N–H and O–H groups in total. The van der Waals surface area contributed by atoms with E-state index < -0.39 is 11.5 Å². The van der Waals surface area contributed by atoms with Gasteiger partial charge in [0.05, 0.1) is 17.8 Å². The molecule has 23 heavy (non-hydrogen) atoms. The maximum Gasteiger partial charge on any atom is 0.256 e. The summed E-state index contributed by atoms with van der Waals surface area (Å²) in [5, 5.41) is 17.6. The van der Waals surface area contributed by atoms with Crippen molar-refractivity contribution in [3.05, 3.63) is 52.1 Å². The third kappa shape index (κ3) is 3.71. The number of aryl methyl sites for hydroxylation is 2. The standard InChI is InChI=1S/C16H19ClFN3O2/c1-4-21-14(17)13(10(2)20-21)15(22)19-9-16(3,23)11-5-7-12(18)8-6-11/h5-8,23H,4,9H2,1-3H3,(H,19,22). The first-order chi connectivity index (χ1) is 10.8. The SMILES string of the molecule is CCn1nc(C)c(C(=O)NCC(C)(O)c2ccc(F)cc2)c1Cl. The average Bonchev–Trinajstić information content (AvgIpc) is 2.79. The summed E-state index contributed by atoms with van der Waals surface area (Å²) in [6.07, 6.45) is 0. The van der Waals surface area contributed by atoms with E-state index in [0.29, 0.717) is 23.4 Å². The monoisotopic (exact) mass is 339 g/mol. The number of rotatable bonds is 5. The molecule has 1 aromatic heterocycles. The van der Waals surface area contributed by atoms with E-state index in [-0.39, 0.29) is 17.5 Å². The fourth-order valence-electron chi connectivity index (χ4n) is 2.27. The van der Waals surface area contributed by atoms with E-state index in [0.717, 1.165) is 0 Å². The van der Waals surface area contributed by atoms with Crippen LogP contribution in [-0.4, -0.2) is 27.3 Å². The van der Waals surface area contributed by atoms with E-state index in [2.05, 4.69) is 10.4 Å². The smallest absolute Gasteiger partial charge is 0.256 e. The Morgan fingerprint density at radius 1 is 1.43 bits per heavy atom. The van der Waals surface area contributed by atoms with Crippen molar-refractivity contribution < 1.29 is 14.3 Å². The first-order valence-electron chi connectivity index (χ1n) is 7.25. The molecule has 1 amide bonds. The first kappa shape index (κ1) is 17.4. The number of halogens is 2. The molecule has 0 aliphatic heterocycles. The van der Waals surface area contributed by atoms with Gasteiger partial charge in [-0.2, -0.15) is 5.10 Å². The molecule has 0 aliphatic rings. The Bertz CT molecular complexity index is 711. The van der Waals surface area contributed by atoms with Crippen molar-refractivity contribution in [2.24, 2.45) is 0 Å². The quantitative estimate of drug-likeness (QED) is 0.880. The average molecular weight is 340 g/mol. The molecule has 7 heteroatoms. The number of aliphatic hydroxyl groups is 1. The maximum absolute atomic E-state index is 13.0. The predicted molar refractivity (Wildman–Crippen MR) is 86.0 cm³/mol. The van der Waals surface area contributed by atoms with Crippen LogP contribution < -0.4 is 5.32 Å². The minimum Gasteiger partial charge on any atom is -0.384 e. The summed E-state index contributed by atoms with van der Waals surface area (Å²) in [4.78, 5) is 12.3. The largest absolute Gasteiger partial charge is 0.384 e. The van der Waals surface area contributed by atoms with Crippen molar-refractivity contribution in [1.82, 2.24) is 15.1 Å². The Balaban J connectivity index is 2.12. The van der Waals surface area contributed by atoms with Crippen LogP contribution in [0.4, 0.5) is 4.39 Å². The zero-order valence-corrected chi connectivity index (χ0v) is 14.0.